The lowest BCUT2D eigenvalue weighted by Gasteiger charge is -2.12. The number of nitrogens with zero attached hydrogens (tertiary/aromatic N) is 1. The van der Waals surface area contributed by atoms with Gasteiger partial charge in [-0.05, 0) is 48.7 Å². The van der Waals surface area contributed by atoms with E-state index in [0.29, 0.717) is 40.1 Å². The van der Waals surface area contributed by atoms with E-state index >= 15 is 0 Å². The van der Waals surface area contributed by atoms with Gasteiger partial charge in [-0.25, -0.2) is 0 Å². The number of aryl methyl sites for hydroxylation is 1. The van der Waals surface area contributed by atoms with Crippen LogP contribution in [0, 0.1) is 18.3 Å². The molecule has 0 aliphatic heterocycles. The Kier molecular flexibility index (Phi) is 7.93. The highest BCUT2D eigenvalue weighted by molar-refractivity contribution is 6.31. The van der Waals surface area contributed by atoms with Crippen molar-refractivity contribution in [2.45, 2.75) is 20.3 Å². The van der Waals surface area contributed by atoms with Gasteiger partial charge in [-0.2, -0.15) is 5.26 Å². The minimum absolute atomic E-state index is 0.0636. The van der Waals surface area contributed by atoms with Crippen LogP contribution in [0.3, 0.4) is 0 Å². The van der Waals surface area contributed by atoms with Crippen LogP contribution in [0.2, 0.25) is 5.02 Å². The number of hydrogen-bond acceptors (Lipinski definition) is 5. The summed E-state index contributed by atoms with van der Waals surface area (Å²) < 4.78 is 16.2. The lowest BCUT2D eigenvalue weighted by atomic mass is 10.1. The van der Waals surface area contributed by atoms with E-state index in [0.717, 1.165) is 12.0 Å². The van der Waals surface area contributed by atoms with E-state index in [4.69, 9.17) is 25.8 Å². The Bertz CT molecular complexity index is 964. The third kappa shape index (κ3) is 5.66. The largest absolute Gasteiger partial charge is 0.495 e. The first-order valence-corrected chi connectivity index (χ1v) is 9.39. The summed E-state index contributed by atoms with van der Waals surface area (Å²) >= 11 is 6.10. The highest BCUT2D eigenvalue weighted by Gasteiger charge is 2.15. The molecule has 2 rings (SSSR count). The Labute approximate surface area is 175 Å². The van der Waals surface area contributed by atoms with Crippen molar-refractivity contribution in [3.63, 3.8) is 0 Å². The molecule has 0 spiro atoms. The van der Waals surface area contributed by atoms with Crippen LogP contribution in [0.1, 0.15) is 24.5 Å². The molecule has 0 radical (unpaired) electrons. The molecule has 2 aromatic rings. The predicted octanol–water partition coefficient (Wildman–Crippen LogP) is 5.00. The molecule has 1 amide bonds. The summed E-state index contributed by atoms with van der Waals surface area (Å²) in [6.45, 7) is 4.35. The molecule has 0 heterocycles. The first-order chi connectivity index (χ1) is 13.9. The van der Waals surface area contributed by atoms with Crippen molar-refractivity contribution in [2.75, 3.05) is 26.1 Å². The molecule has 0 saturated heterocycles. The zero-order valence-electron chi connectivity index (χ0n) is 16.8. The smallest absolute Gasteiger partial charge is 0.266 e. The van der Waals surface area contributed by atoms with Crippen LogP contribution in [0.4, 0.5) is 5.69 Å². The van der Waals surface area contributed by atoms with Crippen LogP contribution >= 0.6 is 11.6 Å². The van der Waals surface area contributed by atoms with Gasteiger partial charge in [0, 0.05) is 11.1 Å². The number of hydrogen-bond donors (Lipinski definition) is 1. The maximum Gasteiger partial charge on any atom is 0.266 e. The molecule has 0 saturated carbocycles. The summed E-state index contributed by atoms with van der Waals surface area (Å²) in [7, 11) is 3.03. The number of anilines is 1. The van der Waals surface area contributed by atoms with Crippen molar-refractivity contribution in [1.82, 2.24) is 0 Å². The van der Waals surface area contributed by atoms with Crippen LogP contribution < -0.4 is 19.5 Å². The number of rotatable bonds is 8. The summed E-state index contributed by atoms with van der Waals surface area (Å²) in [5, 5.41) is 12.7. The molecule has 2 aromatic carbocycles. The minimum Gasteiger partial charge on any atom is -0.495 e. The van der Waals surface area contributed by atoms with E-state index < -0.39 is 5.91 Å². The Morgan fingerprint density at radius 3 is 2.52 bits per heavy atom. The fourth-order valence-electron chi connectivity index (χ4n) is 2.54. The molecule has 1 N–H and O–H groups in total. The average Bonchev–Trinajstić information content (AvgIpc) is 2.72. The van der Waals surface area contributed by atoms with E-state index in [9.17, 15) is 10.1 Å². The average molecular weight is 415 g/mol. The van der Waals surface area contributed by atoms with E-state index in [1.54, 1.807) is 37.4 Å². The van der Waals surface area contributed by atoms with Gasteiger partial charge >= 0.3 is 0 Å². The maximum absolute atomic E-state index is 12.6. The van der Waals surface area contributed by atoms with Gasteiger partial charge in [-0.3, -0.25) is 4.79 Å². The number of carbonyl (C=O) groups is 1. The van der Waals surface area contributed by atoms with Crippen molar-refractivity contribution >= 4 is 29.3 Å². The van der Waals surface area contributed by atoms with Crippen molar-refractivity contribution < 1.29 is 19.0 Å². The Morgan fingerprint density at radius 1 is 1.17 bits per heavy atom. The molecule has 0 fully saturated rings. The number of ether oxygens (including phenoxy) is 3. The summed E-state index contributed by atoms with van der Waals surface area (Å²) in [6.07, 6.45) is 2.33. The molecule has 0 aliphatic carbocycles. The second-order valence-corrected chi connectivity index (χ2v) is 6.59. The van der Waals surface area contributed by atoms with E-state index in [-0.39, 0.29) is 5.57 Å². The number of benzene rings is 2. The number of amides is 1. The summed E-state index contributed by atoms with van der Waals surface area (Å²) in [4.78, 5) is 12.6. The quantitative estimate of drug-likeness (QED) is 0.485. The highest BCUT2D eigenvalue weighted by atomic mass is 35.5. The van der Waals surface area contributed by atoms with Crippen molar-refractivity contribution in [1.29, 1.82) is 5.26 Å². The van der Waals surface area contributed by atoms with Crippen LogP contribution in [0.25, 0.3) is 6.08 Å². The Morgan fingerprint density at radius 2 is 1.90 bits per heavy atom. The predicted molar refractivity (Wildman–Crippen MR) is 114 cm³/mol. The van der Waals surface area contributed by atoms with Crippen molar-refractivity contribution in [2.24, 2.45) is 0 Å². The first-order valence-electron chi connectivity index (χ1n) is 9.01. The topological polar surface area (TPSA) is 80.6 Å². The molecule has 0 aliphatic rings. The maximum atomic E-state index is 12.6. The van der Waals surface area contributed by atoms with Gasteiger partial charge in [0.25, 0.3) is 5.91 Å². The lowest BCUT2D eigenvalue weighted by molar-refractivity contribution is -0.112. The van der Waals surface area contributed by atoms with E-state index in [1.165, 1.54) is 13.2 Å². The molecule has 0 atom stereocenters. The van der Waals surface area contributed by atoms with Gasteiger partial charge in [-0.1, -0.05) is 24.6 Å². The van der Waals surface area contributed by atoms with Gasteiger partial charge in [-0.15, -0.1) is 0 Å². The molecule has 0 aromatic heterocycles. The van der Waals surface area contributed by atoms with E-state index in [1.807, 2.05) is 19.9 Å². The zero-order chi connectivity index (χ0) is 21.4. The van der Waals surface area contributed by atoms with Gasteiger partial charge in [0.05, 0.1) is 26.5 Å². The van der Waals surface area contributed by atoms with Crippen molar-refractivity contribution in [3.8, 4) is 23.3 Å². The normalized spacial score (nSPS) is 10.8. The number of methoxy groups -OCH3 is 2. The molecule has 6 nitrogen and oxygen atoms in total. The van der Waals surface area contributed by atoms with Gasteiger partial charge in [0.1, 0.15) is 17.4 Å². The number of nitrogens with one attached hydrogen (secondary N) is 1. The Balaban J connectivity index is 2.31. The standard InChI is InChI=1S/C22H23ClN2O4/c1-5-8-29-21-11-15(6-7-19(21)27-3)10-16(13-24)22(26)25-18-9-14(2)17(23)12-20(18)28-4/h6-7,9-12H,5,8H2,1-4H3,(H,25,26)/b16-10+. The fourth-order valence-corrected chi connectivity index (χ4v) is 2.70. The molecule has 29 heavy (non-hydrogen) atoms. The monoisotopic (exact) mass is 414 g/mol. The van der Waals surface area contributed by atoms with Gasteiger partial charge < -0.3 is 19.5 Å². The minimum atomic E-state index is -0.556. The summed E-state index contributed by atoms with van der Waals surface area (Å²) in [5.41, 5.74) is 1.79. The van der Waals surface area contributed by atoms with Crippen LogP contribution in [-0.2, 0) is 4.79 Å². The van der Waals surface area contributed by atoms with Crippen LogP contribution in [0.5, 0.6) is 17.2 Å². The molecular formula is C22H23ClN2O4. The molecule has 152 valence electrons. The van der Waals surface area contributed by atoms with Crippen LogP contribution in [0.15, 0.2) is 35.9 Å². The first kappa shape index (κ1) is 22.1. The fraction of sp³-hybridized carbons (Fsp3) is 0.273. The number of carbonyl (C=O) groups excluding carboxylic acids is 1. The number of nitriles is 1. The zero-order valence-corrected chi connectivity index (χ0v) is 17.6. The third-order valence-electron chi connectivity index (χ3n) is 4.05. The SMILES string of the molecule is CCCOc1cc(/C=C(\C#N)C(=O)Nc2cc(C)c(Cl)cc2OC)ccc1OC. The van der Waals surface area contributed by atoms with E-state index in [2.05, 4.69) is 5.32 Å². The summed E-state index contributed by atoms with van der Waals surface area (Å²) in [6, 6.07) is 10.4. The summed E-state index contributed by atoms with van der Waals surface area (Å²) in [5.74, 6) is 0.987. The van der Waals surface area contributed by atoms with Gasteiger partial charge in [0.2, 0.25) is 0 Å². The molecule has 0 unspecified atom stereocenters. The third-order valence-corrected chi connectivity index (χ3v) is 4.46. The molecule has 7 heteroatoms. The highest BCUT2D eigenvalue weighted by Crippen LogP contribution is 2.32. The second kappa shape index (κ2) is 10.4. The number of halogens is 1. The Hall–Kier alpha value is -3.17. The van der Waals surface area contributed by atoms with Crippen molar-refractivity contribution in [3.05, 3.63) is 52.1 Å². The van der Waals surface area contributed by atoms with Crippen LogP contribution in [-0.4, -0.2) is 26.7 Å². The lowest BCUT2D eigenvalue weighted by Crippen LogP contribution is -2.14. The molecule has 0 bridgehead atoms. The molecular weight excluding hydrogens is 392 g/mol. The van der Waals surface area contributed by atoms with Gasteiger partial charge in [0.15, 0.2) is 11.5 Å². The second-order valence-electron chi connectivity index (χ2n) is 6.18.